The summed E-state index contributed by atoms with van der Waals surface area (Å²) in [6, 6.07) is 14.0. The van der Waals surface area contributed by atoms with Gasteiger partial charge in [-0.2, -0.15) is 0 Å². The van der Waals surface area contributed by atoms with E-state index in [-0.39, 0.29) is 30.7 Å². The molecule has 0 aromatic heterocycles. The second-order valence-corrected chi connectivity index (χ2v) is 8.81. The van der Waals surface area contributed by atoms with Crippen molar-refractivity contribution in [3.8, 4) is 11.5 Å². The molecule has 2 fully saturated rings. The molecule has 10 nitrogen and oxygen atoms in total. The normalized spacial score (nSPS) is 18.4. The molecule has 2 aliphatic heterocycles. The topological polar surface area (TPSA) is 103 Å². The summed E-state index contributed by atoms with van der Waals surface area (Å²) in [4.78, 5) is 44.4. The van der Waals surface area contributed by atoms with Crippen LogP contribution in [0.4, 0.5) is 11.4 Å². The number of nitrogens with zero attached hydrogens (tertiary/aromatic N) is 3. The number of nitrogens with one attached hydrogen (secondary N) is 2. The van der Waals surface area contributed by atoms with Crippen LogP contribution < -0.4 is 25.0 Å². The van der Waals surface area contributed by atoms with Crippen molar-refractivity contribution in [1.82, 2.24) is 15.1 Å². The highest BCUT2D eigenvalue weighted by molar-refractivity contribution is 5.97. The second-order valence-electron chi connectivity index (χ2n) is 8.81. The van der Waals surface area contributed by atoms with Crippen LogP contribution in [0.25, 0.3) is 0 Å². The fourth-order valence-corrected chi connectivity index (χ4v) is 4.60. The summed E-state index contributed by atoms with van der Waals surface area (Å²) in [6.45, 7) is 3.93. The molecule has 2 aromatic rings. The average Bonchev–Trinajstić information content (AvgIpc) is 2.90. The van der Waals surface area contributed by atoms with E-state index in [1.54, 1.807) is 43.4 Å². The van der Waals surface area contributed by atoms with Crippen LogP contribution in [0, 0.1) is 0 Å². The van der Waals surface area contributed by atoms with E-state index in [1.807, 2.05) is 24.3 Å². The molecule has 36 heavy (non-hydrogen) atoms. The van der Waals surface area contributed by atoms with Crippen LogP contribution in [-0.4, -0.2) is 93.6 Å². The number of hydrogen-bond acceptors (Lipinski definition) is 7. The van der Waals surface area contributed by atoms with Gasteiger partial charge in [-0.15, -0.1) is 0 Å². The van der Waals surface area contributed by atoms with Crippen LogP contribution in [0.1, 0.15) is 6.42 Å². The van der Waals surface area contributed by atoms with Crippen LogP contribution in [0.3, 0.4) is 0 Å². The minimum Gasteiger partial charge on any atom is -0.497 e. The Morgan fingerprint density at radius 3 is 2.39 bits per heavy atom. The predicted octanol–water partition coefficient (Wildman–Crippen LogP) is 1.18. The Balaban J connectivity index is 1.32. The summed E-state index contributed by atoms with van der Waals surface area (Å²) in [7, 11) is 3.23. The number of hydrogen-bond donors (Lipinski definition) is 2. The van der Waals surface area contributed by atoms with E-state index in [1.165, 1.54) is 0 Å². The lowest BCUT2D eigenvalue weighted by Gasteiger charge is -2.39. The van der Waals surface area contributed by atoms with Crippen molar-refractivity contribution in [1.29, 1.82) is 0 Å². The summed E-state index contributed by atoms with van der Waals surface area (Å²) < 4.78 is 10.6. The first kappa shape index (κ1) is 25.3. The monoisotopic (exact) mass is 495 g/mol. The van der Waals surface area contributed by atoms with Crippen LogP contribution in [0.5, 0.6) is 11.5 Å². The third-order valence-electron chi connectivity index (χ3n) is 6.56. The van der Waals surface area contributed by atoms with Crippen LogP contribution in [0.2, 0.25) is 0 Å². The maximum atomic E-state index is 13.2. The van der Waals surface area contributed by atoms with Gasteiger partial charge in [-0.1, -0.05) is 12.1 Å². The van der Waals surface area contributed by atoms with Gasteiger partial charge >= 0.3 is 0 Å². The minimum atomic E-state index is -0.834. The third-order valence-corrected chi connectivity index (χ3v) is 6.56. The molecule has 0 aliphatic carbocycles. The van der Waals surface area contributed by atoms with Gasteiger partial charge in [0.2, 0.25) is 17.7 Å². The van der Waals surface area contributed by atoms with Crippen molar-refractivity contribution in [2.24, 2.45) is 0 Å². The highest BCUT2D eigenvalue weighted by Gasteiger charge is 2.35. The van der Waals surface area contributed by atoms with Gasteiger partial charge < -0.3 is 29.9 Å². The zero-order valence-corrected chi connectivity index (χ0v) is 20.7. The van der Waals surface area contributed by atoms with E-state index in [4.69, 9.17) is 9.47 Å². The Morgan fingerprint density at radius 2 is 1.69 bits per heavy atom. The fraction of sp³-hybridized carbons (Fsp3) is 0.423. The average molecular weight is 496 g/mol. The number of anilines is 2. The molecule has 192 valence electrons. The number of methoxy groups -OCH3 is 2. The van der Waals surface area contributed by atoms with Gasteiger partial charge in [-0.3, -0.25) is 19.3 Å². The lowest BCUT2D eigenvalue weighted by molar-refractivity contribution is -0.145. The predicted molar refractivity (Wildman–Crippen MR) is 136 cm³/mol. The first-order valence-electron chi connectivity index (χ1n) is 12.1. The van der Waals surface area contributed by atoms with Gasteiger partial charge in [0.15, 0.2) is 0 Å². The fourth-order valence-electron chi connectivity index (χ4n) is 4.60. The Bertz CT molecular complexity index is 1070. The van der Waals surface area contributed by atoms with Gasteiger partial charge in [0, 0.05) is 45.0 Å². The van der Waals surface area contributed by atoms with E-state index in [9.17, 15) is 14.4 Å². The molecule has 4 rings (SSSR count). The Labute approximate surface area is 211 Å². The van der Waals surface area contributed by atoms with Gasteiger partial charge in [-0.05, 0) is 36.4 Å². The minimum absolute atomic E-state index is 0.106. The molecule has 0 saturated carbocycles. The van der Waals surface area contributed by atoms with Crippen molar-refractivity contribution in [3.05, 3.63) is 48.5 Å². The van der Waals surface area contributed by atoms with Crippen molar-refractivity contribution in [2.45, 2.75) is 12.5 Å². The number of rotatable bonds is 8. The van der Waals surface area contributed by atoms with Crippen molar-refractivity contribution in [3.63, 3.8) is 0 Å². The molecular formula is C26H33N5O5. The van der Waals surface area contributed by atoms with Crippen molar-refractivity contribution < 1.29 is 23.9 Å². The molecule has 0 spiro atoms. The highest BCUT2D eigenvalue weighted by atomic mass is 16.5. The molecular weight excluding hydrogens is 462 g/mol. The Hall–Kier alpha value is -3.79. The second kappa shape index (κ2) is 11.8. The standard InChI is InChI=1S/C26H33N5O5/c1-35-20-9-7-19(8-10-20)28-24(32)17-22-26(34)27-11-12-31(22)25(33)18-29-13-15-30(16-14-29)21-5-3-4-6-23(21)36-2/h3-10,22H,11-18H2,1-2H3,(H,27,34)(H,28,32)/t22-/m1/s1. The number of carbonyl (C=O) groups excluding carboxylic acids is 3. The molecule has 1 atom stereocenters. The molecule has 2 aliphatic rings. The zero-order chi connectivity index (χ0) is 25.5. The molecule has 0 radical (unpaired) electrons. The largest absolute Gasteiger partial charge is 0.497 e. The Kier molecular flexibility index (Phi) is 8.27. The van der Waals surface area contributed by atoms with Gasteiger partial charge in [-0.25, -0.2) is 0 Å². The van der Waals surface area contributed by atoms with Gasteiger partial charge in [0.25, 0.3) is 0 Å². The number of benzene rings is 2. The molecule has 2 aromatic carbocycles. The maximum Gasteiger partial charge on any atom is 0.243 e. The van der Waals surface area contributed by atoms with Crippen molar-refractivity contribution >= 4 is 29.1 Å². The van der Waals surface area contributed by atoms with Gasteiger partial charge in [0.05, 0.1) is 32.9 Å². The molecule has 0 bridgehead atoms. The van der Waals surface area contributed by atoms with E-state index in [0.29, 0.717) is 37.6 Å². The molecule has 2 saturated heterocycles. The number of amides is 3. The number of ether oxygens (including phenoxy) is 2. The number of carbonyl (C=O) groups is 3. The SMILES string of the molecule is COc1ccc(NC(=O)C[C@@H]2C(=O)NCCN2C(=O)CN2CCN(c3ccccc3OC)CC2)cc1. The van der Waals surface area contributed by atoms with Crippen LogP contribution in [-0.2, 0) is 14.4 Å². The summed E-state index contributed by atoms with van der Waals surface area (Å²) in [6.07, 6.45) is -0.106. The molecule has 2 N–H and O–H groups in total. The van der Waals surface area contributed by atoms with Gasteiger partial charge in [0.1, 0.15) is 17.5 Å². The van der Waals surface area contributed by atoms with Crippen molar-refractivity contribution in [2.75, 3.05) is 70.2 Å². The van der Waals surface area contributed by atoms with Crippen LogP contribution in [0.15, 0.2) is 48.5 Å². The first-order chi connectivity index (χ1) is 17.5. The lowest BCUT2D eigenvalue weighted by atomic mass is 10.1. The van der Waals surface area contributed by atoms with E-state index in [0.717, 1.165) is 24.5 Å². The number of piperazine rings is 2. The Morgan fingerprint density at radius 1 is 0.972 bits per heavy atom. The highest BCUT2D eigenvalue weighted by Crippen LogP contribution is 2.28. The third kappa shape index (κ3) is 6.06. The quantitative estimate of drug-likeness (QED) is 0.567. The summed E-state index contributed by atoms with van der Waals surface area (Å²) in [5, 5.41) is 5.57. The molecule has 3 amide bonds. The first-order valence-corrected chi connectivity index (χ1v) is 12.1. The summed E-state index contributed by atoms with van der Waals surface area (Å²) in [5.74, 6) is 0.737. The van der Waals surface area contributed by atoms with E-state index >= 15 is 0 Å². The smallest absolute Gasteiger partial charge is 0.243 e. The van der Waals surface area contributed by atoms with E-state index < -0.39 is 6.04 Å². The summed E-state index contributed by atoms with van der Waals surface area (Å²) >= 11 is 0. The zero-order valence-electron chi connectivity index (χ0n) is 20.7. The molecule has 0 unspecified atom stereocenters. The lowest BCUT2D eigenvalue weighted by Crippen LogP contribution is -2.60. The molecule has 2 heterocycles. The maximum absolute atomic E-state index is 13.2. The number of para-hydroxylation sites is 2. The molecule has 10 heteroatoms. The van der Waals surface area contributed by atoms with E-state index in [2.05, 4.69) is 20.4 Å². The summed E-state index contributed by atoms with van der Waals surface area (Å²) in [5.41, 5.74) is 1.64. The van der Waals surface area contributed by atoms with Crippen LogP contribution >= 0.6 is 0 Å².